The van der Waals surface area contributed by atoms with E-state index in [0.717, 1.165) is 22.6 Å². The molecule has 1 amide bonds. The average molecular weight is 270 g/mol. The molecule has 0 radical (unpaired) electrons. The van der Waals surface area contributed by atoms with Crippen molar-refractivity contribution >= 4 is 11.6 Å². The Morgan fingerprint density at radius 2 is 1.90 bits per heavy atom. The summed E-state index contributed by atoms with van der Waals surface area (Å²) in [5.74, 6) is 0.431. The Hall–Kier alpha value is -2.49. The predicted octanol–water partition coefficient (Wildman–Crippen LogP) is 2.71. The number of ether oxygens (including phenoxy) is 1. The second kappa shape index (κ2) is 6.10. The van der Waals surface area contributed by atoms with Crippen molar-refractivity contribution in [3.63, 3.8) is 0 Å². The summed E-state index contributed by atoms with van der Waals surface area (Å²) in [6.45, 7) is 2.66. The highest BCUT2D eigenvalue weighted by molar-refractivity contribution is 5.93. The molecular formula is C16H18N2O2. The third-order valence-corrected chi connectivity index (χ3v) is 3.20. The lowest BCUT2D eigenvalue weighted by atomic mass is 10.0. The number of primary amides is 1. The van der Waals surface area contributed by atoms with Crippen LogP contribution in [0.2, 0.25) is 0 Å². The first-order chi connectivity index (χ1) is 9.60. The lowest BCUT2D eigenvalue weighted by Crippen LogP contribution is -2.11. The number of hydrogen-bond donors (Lipinski definition) is 2. The van der Waals surface area contributed by atoms with Gasteiger partial charge in [0.05, 0.1) is 7.11 Å². The van der Waals surface area contributed by atoms with Crippen molar-refractivity contribution in [3.8, 4) is 5.75 Å². The van der Waals surface area contributed by atoms with E-state index in [-0.39, 0.29) is 0 Å². The first-order valence-electron chi connectivity index (χ1n) is 6.37. The SMILES string of the molecule is COc1ccc(NCc2ccc(C(N)=O)cc2C)cc1. The summed E-state index contributed by atoms with van der Waals surface area (Å²) in [6.07, 6.45) is 0. The van der Waals surface area contributed by atoms with Crippen LogP contribution in [-0.4, -0.2) is 13.0 Å². The predicted molar refractivity (Wildman–Crippen MR) is 80.0 cm³/mol. The Balaban J connectivity index is 2.04. The second-order valence-electron chi connectivity index (χ2n) is 4.59. The van der Waals surface area contributed by atoms with Crippen LogP contribution in [0.3, 0.4) is 0 Å². The monoisotopic (exact) mass is 270 g/mol. The van der Waals surface area contributed by atoms with Gasteiger partial charge in [0.25, 0.3) is 0 Å². The molecule has 0 aromatic heterocycles. The fraction of sp³-hybridized carbons (Fsp3) is 0.188. The first kappa shape index (κ1) is 13.9. The summed E-state index contributed by atoms with van der Waals surface area (Å²) in [5.41, 5.74) is 8.99. The largest absolute Gasteiger partial charge is 0.497 e. The highest BCUT2D eigenvalue weighted by Crippen LogP contribution is 2.17. The molecule has 0 aliphatic rings. The molecule has 0 saturated carbocycles. The van der Waals surface area contributed by atoms with E-state index in [0.29, 0.717) is 12.1 Å². The minimum absolute atomic E-state index is 0.400. The molecule has 0 aliphatic heterocycles. The number of nitrogens with two attached hydrogens (primary N) is 1. The van der Waals surface area contributed by atoms with Crippen LogP contribution >= 0.6 is 0 Å². The molecule has 0 aliphatic carbocycles. The Morgan fingerprint density at radius 3 is 2.45 bits per heavy atom. The van der Waals surface area contributed by atoms with Crippen LogP contribution in [0.5, 0.6) is 5.75 Å². The smallest absolute Gasteiger partial charge is 0.248 e. The Labute approximate surface area is 118 Å². The molecule has 2 aromatic carbocycles. The van der Waals surface area contributed by atoms with Gasteiger partial charge in [-0.25, -0.2) is 0 Å². The van der Waals surface area contributed by atoms with E-state index in [1.807, 2.05) is 43.3 Å². The molecule has 0 spiro atoms. The summed E-state index contributed by atoms with van der Waals surface area (Å²) < 4.78 is 5.12. The molecule has 3 N–H and O–H groups in total. The highest BCUT2D eigenvalue weighted by atomic mass is 16.5. The molecule has 20 heavy (non-hydrogen) atoms. The van der Waals surface area contributed by atoms with E-state index in [1.165, 1.54) is 0 Å². The molecule has 104 valence electrons. The third-order valence-electron chi connectivity index (χ3n) is 3.20. The number of benzene rings is 2. The highest BCUT2D eigenvalue weighted by Gasteiger charge is 2.04. The zero-order valence-electron chi connectivity index (χ0n) is 11.6. The van der Waals surface area contributed by atoms with Crippen LogP contribution < -0.4 is 15.8 Å². The van der Waals surface area contributed by atoms with Crippen LogP contribution in [0, 0.1) is 6.92 Å². The number of methoxy groups -OCH3 is 1. The van der Waals surface area contributed by atoms with Gasteiger partial charge < -0.3 is 15.8 Å². The minimum atomic E-state index is -0.400. The van der Waals surface area contributed by atoms with Crippen LogP contribution in [0.25, 0.3) is 0 Å². The molecule has 2 rings (SSSR count). The van der Waals surface area contributed by atoms with E-state index in [1.54, 1.807) is 13.2 Å². The molecule has 0 heterocycles. The fourth-order valence-corrected chi connectivity index (χ4v) is 1.95. The molecule has 4 heteroatoms. The Kier molecular flexibility index (Phi) is 4.25. The van der Waals surface area contributed by atoms with Crippen molar-refractivity contribution in [1.29, 1.82) is 0 Å². The van der Waals surface area contributed by atoms with Crippen molar-refractivity contribution in [1.82, 2.24) is 0 Å². The van der Waals surface area contributed by atoms with Gasteiger partial charge in [0.1, 0.15) is 5.75 Å². The molecule has 2 aromatic rings. The summed E-state index contributed by atoms with van der Waals surface area (Å²) in [6, 6.07) is 13.2. The number of aryl methyl sites for hydroxylation is 1. The Bertz CT molecular complexity index is 606. The lowest BCUT2D eigenvalue weighted by Gasteiger charge is -2.10. The van der Waals surface area contributed by atoms with Crippen molar-refractivity contribution in [2.75, 3.05) is 12.4 Å². The number of rotatable bonds is 5. The summed E-state index contributed by atoms with van der Waals surface area (Å²) in [7, 11) is 1.64. The van der Waals surface area contributed by atoms with E-state index in [2.05, 4.69) is 5.32 Å². The van der Waals surface area contributed by atoms with Gasteiger partial charge >= 0.3 is 0 Å². The summed E-state index contributed by atoms with van der Waals surface area (Å²) >= 11 is 0. The number of carbonyl (C=O) groups is 1. The quantitative estimate of drug-likeness (QED) is 0.878. The van der Waals surface area contributed by atoms with Gasteiger partial charge in [-0.2, -0.15) is 0 Å². The summed E-state index contributed by atoms with van der Waals surface area (Å²) in [5, 5.41) is 3.33. The molecule has 0 atom stereocenters. The average Bonchev–Trinajstić information content (AvgIpc) is 2.46. The number of nitrogens with one attached hydrogen (secondary N) is 1. The Morgan fingerprint density at radius 1 is 1.20 bits per heavy atom. The van der Waals surface area contributed by atoms with Crippen LogP contribution in [-0.2, 0) is 6.54 Å². The van der Waals surface area contributed by atoms with E-state index in [9.17, 15) is 4.79 Å². The van der Waals surface area contributed by atoms with Crippen LogP contribution in [0.1, 0.15) is 21.5 Å². The fourth-order valence-electron chi connectivity index (χ4n) is 1.95. The van der Waals surface area contributed by atoms with Crippen LogP contribution in [0.15, 0.2) is 42.5 Å². The van der Waals surface area contributed by atoms with E-state index < -0.39 is 5.91 Å². The molecular weight excluding hydrogens is 252 g/mol. The molecule has 0 fully saturated rings. The lowest BCUT2D eigenvalue weighted by molar-refractivity contribution is 0.1000. The number of anilines is 1. The van der Waals surface area contributed by atoms with E-state index in [4.69, 9.17) is 10.5 Å². The van der Waals surface area contributed by atoms with Gasteiger partial charge in [0, 0.05) is 17.8 Å². The zero-order valence-corrected chi connectivity index (χ0v) is 11.6. The van der Waals surface area contributed by atoms with Gasteiger partial charge in [-0.15, -0.1) is 0 Å². The van der Waals surface area contributed by atoms with Gasteiger partial charge in [-0.05, 0) is 54.4 Å². The maximum absolute atomic E-state index is 11.1. The maximum Gasteiger partial charge on any atom is 0.248 e. The van der Waals surface area contributed by atoms with Gasteiger partial charge in [0.15, 0.2) is 0 Å². The number of amides is 1. The van der Waals surface area contributed by atoms with Crippen molar-refractivity contribution < 1.29 is 9.53 Å². The molecule has 4 nitrogen and oxygen atoms in total. The van der Waals surface area contributed by atoms with E-state index >= 15 is 0 Å². The topological polar surface area (TPSA) is 64.3 Å². The summed E-state index contributed by atoms with van der Waals surface area (Å²) in [4.78, 5) is 11.1. The zero-order chi connectivity index (χ0) is 14.5. The van der Waals surface area contributed by atoms with Crippen molar-refractivity contribution in [2.45, 2.75) is 13.5 Å². The molecule has 0 unspecified atom stereocenters. The van der Waals surface area contributed by atoms with Gasteiger partial charge in [-0.1, -0.05) is 6.07 Å². The minimum Gasteiger partial charge on any atom is -0.497 e. The van der Waals surface area contributed by atoms with Crippen LogP contribution in [0.4, 0.5) is 5.69 Å². The van der Waals surface area contributed by atoms with Crippen molar-refractivity contribution in [3.05, 3.63) is 59.2 Å². The first-order valence-corrected chi connectivity index (χ1v) is 6.37. The number of hydrogen-bond acceptors (Lipinski definition) is 3. The van der Waals surface area contributed by atoms with Gasteiger partial charge in [0.2, 0.25) is 5.91 Å². The maximum atomic E-state index is 11.1. The normalized spacial score (nSPS) is 10.1. The second-order valence-corrected chi connectivity index (χ2v) is 4.59. The van der Waals surface area contributed by atoms with Gasteiger partial charge in [-0.3, -0.25) is 4.79 Å². The van der Waals surface area contributed by atoms with Crippen molar-refractivity contribution in [2.24, 2.45) is 5.73 Å². The standard InChI is InChI=1S/C16H18N2O2/c1-11-9-12(16(17)19)3-4-13(11)10-18-14-5-7-15(20-2)8-6-14/h3-9,18H,10H2,1-2H3,(H2,17,19). The third kappa shape index (κ3) is 3.29. The number of carbonyl (C=O) groups excluding carboxylic acids is 1. The molecule has 0 bridgehead atoms. The molecule has 0 saturated heterocycles.